The van der Waals surface area contributed by atoms with Crippen LogP contribution in [0.3, 0.4) is 0 Å². The van der Waals surface area contributed by atoms with Crippen molar-refractivity contribution in [1.82, 2.24) is 5.32 Å². The van der Waals surface area contributed by atoms with Gasteiger partial charge in [0.05, 0.1) is 0 Å². The van der Waals surface area contributed by atoms with Crippen LogP contribution >= 0.6 is 11.3 Å². The Labute approximate surface area is 125 Å². The number of anilines is 1. The molecule has 1 unspecified atom stereocenters. The Morgan fingerprint density at radius 1 is 1.30 bits per heavy atom. The van der Waals surface area contributed by atoms with Crippen molar-refractivity contribution in [3.63, 3.8) is 0 Å². The Kier molecular flexibility index (Phi) is 3.51. The normalized spacial score (nSPS) is 22.6. The number of piperazine rings is 1. The van der Waals surface area contributed by atoms with E-state index in [0.29, 0.717) is 12.0 Å². The number of hydrogen-bond donors (Lipinski definition) is 1. The van der Waals surface area contributed by atoms with E-state index >= 15 is 0 Å². The van der Waals surface area contributed by atoms with Gasteiger partial charge in [0.15, 0.2) is 0 Å². The first-order chi connectivity index (χ1) is 9.46. The summed E-state index contributed by atoms with van der Waals surface area (Å²) in [4.78, 5) is 2.60. The van der Waals surface area contributed by atoms with Gasteiger partial charge in [-0.2, -0.15) is 0 Å². The van der Waals surface area contributed by atoms with Crippen LogP contribution in [0.25, 0.3) is 10.1 Å². The summed E-state index contributed by atoms with van der Waals surface area (Å²) in [6.07, 6.45) is 0. The van der Waals surface area contributed by atoms with Gasteiger partial charge in [-0.15, -0.1) is 11.3 Å². The van der Waals surface area contributed by atoms with Gasteiger partial charge in [0, 0.05) is 35.1 Å². The number of hydrogen-bond acceptors (Lipinski definition) is 3. The first kappa shape index (κ1) is 13.9. The molecule has 20 heavy (non-hydrogen) atoms. The van der Waals surface area contributed by atoms with Gasteiger partial charge in [0.1, 0.15) is 0 Å². The Hall–Kier alpha value is -1.06. The molecule has 1 atom stereocenters. The average molecular weight is 288 g/mol. The quantitative estimate of drug-likeness (QED) is 0.894. The molecule has 108 valence electrons. The zero-order valence-electron chi connectivity index (χ0n) is 12.8. The fraction of sp³-hybridized carbons (Fsp3) is 0.529. The number of benzene rings is 1. The summed E-state index contributed by atoms with van der Waals surface area (Å²) in [5.41, 5.74) is 1.54. The predicted molar refractivity (Wildman–Crippen MR) is 89.9 cm³/mol. The molecular weight excluding hydrogens is 264 g/mol. The van der Waals surface area contributed by atoms with Crippen LogP contribution in [0, 0.1) is 5.92 Å². The van der Waals surface area contributed by atoms with Crippen molar-refractivity contribution in [3.05, 3.63) is 29.6 Å². The van der Waals surface area contributed by atoms with Gasteiger partial charge < -0.3 is 10.2 Å². The Morgan fingerprint density at radius 2 is 2.10 bits per heavy atom. The first-order valence-corrected chi connectivity index (χ1v) is 8.33. The highest BCUT2D eigenvalue weighted by Gasteiger charge is 2.34. The lowest BCUT2D eigenvalue weighted by atomic mass is 9.92. The largest absolute Gasteiger partial charge is 0.365 e. The molecule has 0 spiro atoms. The molecule has 1 saturated heterocycles. The third-order valence-corrected chi connectivity index (χ3v) is 5.19. The Bertz CT molecular complexity index is 600. The molecule has 1 aromatic heterocycles. The number of nitrogens with one attached hydrogen (secondary N) is 1. The van der Waals surface area contributed by atoms with Crippen LogP contribution in [0.2, 0.25) is 0 Å². The number of rotatable bonds is 2. The highest BCUT2D eigenvalue weighted by molar-refractivity contribution is 7.17. The van der Waals surface area contributed by atoms with Gasteiger partial charge >= 0.3 is 0 Å². The molecule has 2 aromatic rings. The van der Waals surface area contributed by atoms with E-state index in [0.717, 1.165) is 13.1 Å². The van der Waals surface area contributed by atoms with Crippen molar-refractivity contribution in [2.24, 2.45) is 5.92 Å². The third kappa shape index (κ3) is 2.57. The number of thiophene rings is 1. The standard InChI is InChI=1S/C17H24N2S/c1-12(2)15-10-18-17(3,4)11-19(15)14-5-6-16-13(9-14)7-8-20-16/h5-9,12,15,18H,10-11H2,1-4H3. The molecule has 0 bridgehead atoms. The lowest BCUT2D eigenvalue weighted by Gasteiger charge is -2.47. The van der Waals surface area contributed by atoms with Crippen molar-refractivity contribution >= 4 is 27.1 Å². The maximum Gasteiger partial charge on any atom is 0.0438 e. The van der Waals surface area contributed by atoms with Crippen LogP contribution in [0.4, 0.5) is 5.69 Å². The minimum atomic E-state index is 0.176. The van der Waals surface area contributed by atoms with Crippen LogP contribution < -0.4 is 10.2 Å². The smallest absolute Gasteiger partial charge is 0.0438 e. The minimum absolute atomic E-state index is 0.176. The second-order valence-corrected chi connectivity index (χ2v) is 7.79. The zero-order chi connectivity index (χ0) is 14.3. The van der Waals surface area contributed by atoms with Crippen LogP contribution in [0.1, 0.15) is 27.7 Å². The van der Waals surface area contributed by atoms with E-state index in [9.17, 15) is 0 Å². The minimum Gasteiger partial charge on any atom is -0.365 e. The van der Waals surface area contributed by atoms with E-state index in [1.54, 1.807) is 0 Å². The molecule has 1 fully saturated rings. The van der Waals surface area contributed by atoms with Crippen LogP contribution in [0.5, 0.6) is 0 Å². The molecule has 0 radical (unpaired) electrons. The van der Waals surface area contributed by atoms with Crippen LogP contribution in [-0.4, -0.2) is 24.7 Å². The lowest BCUT2D eigenvalue weighted by Crippen LogP contribution is -2.63. The zero-order valence-corrected chi connectivity index (χ0v) is 13.6. The molecule has 0 saturated carbocycles. The predicted octanol–water partition coefficient (Wildman–Crippen LogP) is 4.11. The second kappa shape index (κ2) is 5.05. The van der Waals surface area contributed by atoms with E-state index in [1.165, 1.54) is 15.8 Å². The van der Waals surface area contributed by atoms with Crippen molar-refractivity contribution in [1.29, 1.82) is 0 Å². The average Bonchev–Trinajstić information content (AvgIpc) is 2.84. The first-order valence-electron chi connectivity index (χ1n) is 7.45. The molecule has 1 aromatic carbocycles. The SMILES string of the molecule is CC(C)C1CNC(C)(C)CN1c1ccc2sccc2c1. The monoisotopic (exact) mass is 288 g/mol. The molecule has 3 rings (SSSR count). The lowest BCUT2D eigenvalue weighted by molar-refractivity contribution is 0.277. The summed E-state index contributed by atoms with van der Waals surface area (Å²) in [6, 6.07) is 9.69. The Balaban J connectivity index is 1.98. The summed E-state index contributed by atoms with van der Waals surface area (Å²) in [5.74, 6) is 0.650. The van der Waals surface area contributed by atoms with Crippen LogP contribution in [-0.2, 0) is 0 Å². The number of fused-ring (bicyclic) bond motifs is 1. The molecular formula is C17H24N2S. The molecule has 0 amide bonds. The highest BCUT2D eigenvalue weighted by atomic mass is 32.1. The molecule has 1 aliphatic heterocycles. The van der Waals surface area contributed by atoms with Gasteiger partial charge in [-0.1, -0.05) is 13.8 Å². The fourth-order valence-electron chi connectivity index (χ4n) is 3.10. The van der Waals surface area contributed by atoms with Crippen LogP contribution in [0.15, 0.2) is 29.6 Å². The fourth-order valence-corrected chi connectivity index (χ4v) is 3.87. The van der Waals surface area contributed by atoms with Crippen molar-refractivity contribution in [2.75, 3.05) is 18.0 Å². The molecule has 3 heteroatoms. The van der Waals surface area contributed by atoms with Gasteiger partial charge in [-0.05, 0) is 54.8 Å². The van der Waals surface area contributed by atoms with Gasteiger partial charge in [-0.3, -0.25) is 0 Å². The van der Waals surface area contributed by atoms with E-state index in [4.69, 9.17) is 0 Å². The van der Waals surface area contributed by atoms with Crippen molar-refractivity contribution < 1.29 is 0 Å². The maximum atomic E-state index is 3.68. The molecule has 2 nitrogen and oxygen atoms in total. The molecule has 1 N–H and O–H groups in total. The van der Waals surface area contributed by atoms with E-state index in [2.05, 4.69) is 67.6 Å². The Morgan fingerprint density at radius 3 is 2.85 bits per heavy atom. The van der Waals surface area contributed by atoms with Gasteiger partial charge in [0.2, 0.25) is 0 Å². The molecule has 1 aliphatic rings. The van der Waals surface area contributed by atoms with E-state index < -0.39 is 0 Å². The van der Waals surface area contributed by atoms with Crippen molar-refractivity contribution in [2.45, 2.75) is 39.3 Å². The molecule has 2 heterocycles. The van der Waals surface area contributed by atoms with Gasteiger partial charge in [0.25, 0.3) is 0 Å². The summed E-state index contributed by atoms with van der Waals surface area (Å²) < 4.78 is 1.38. The third-order valence-electron chi connectivity index (χ3n) is 4.29. The summed E-state index contributed by atoms with van der Waals surface area (Å²) in [7, 11) is 0. The maximum absolute atomic E-state index is 3.68. The second-order valence-electron chi connectivity index (χ2n) is 6.85. The van der Waals surface area contributed by atoms with E-state index in [1.807, 2.05) is 11.3 Å². The summed E-state index contributed by atoms with van der Waals surface area (Å²) >= 11 is 1.82. The number of nitrogens with zero attached hydrogens (tertiary/aromatic N) is 1. The summed E-state index contributed by atoms with van der Waals surface area (Å²) in [6.45, 7) is 11.3. The van der Waals surface area contributed by atoms with E-state index in [-0.39, 0.29) is 5.54 Å². The van der Waals surface area contributed by atoms with Crippen molar-refractivity contribution in [3.8, 4) is 0 Å². The summed E-state index contributed by atoms with van der Waals surface area (Å²) in [5, 5.41) is 7.23. The highest BCUT2D eigenvalue weighted by Crippen LogP contribution is 2.31. The van der Waals surface area contributed by atoms with Gasteiger partial charge in [-0.25, -0.2) is 0 Å². The molecule has 0 aliphatic carbocycles. The topological polar surface area (TPSA) is 15.3 Å².